The van der Waals surface area contributed by atoms with Crippen molar-refractivity contribution in [2.45, 2.75) is 26.8 Å². The fourth-order valence-electron chi connectivity index (χ4n) is 3.41. The molecular formula is C26H25N3O2. The van der Waals surface area contributed by atoms with E-state index < -0.39 is 0 Å². The van der Waals surface area contributed by atoms with Crippen molar-refractivity contribution in [1.82, 2.24) is 15.0 Å². The molecule has 0 aliphatic heterocycles. The second kappa shape index (κ2) is 9.39. The van der Waals surface area contributed by atoms with Crippen molar-refractivity contribution in [3.63, 3.8) is 0 Å². The smallest absolute Gasteiger partial charge is 0.246 e. The fourth-order valence-corrected chi connectivity index (χ4v) is 3.41. The van der Waals surface area contributed by atoms with Crippen LogP contribution in [0.1, 0.15) is 23.9 Å². The van der Waals surface area contributed by atoms with Crippen LogP contribution in [0.2, 0.25) is 0 Å². The van der Waals surface area contributed by atoms with E-state index in [-0.39, 0.29) is 5.91 Å². The predicted octanol–water partition coefficient (Wildman–Crippen LogP) is 5.30. The van der Waals surface area contributed by atoms with Crippen molar-refractivity contribution < 1.29 is 9.32 Å². The first kappa shape index (κ1) is 20.5. The minimum atomic E-state index is 0.0325. The first-order valence-electron chi connectivity index (χ1n) is 10.4. The molecule has 31 heavy (non-hydrogen) atoms. The molecule has 0 saturated heterocycles. The van der Waals surface area contributed by atoms with Crippen LogP contribution < -0.4 is 0 Å². The number of aromatic nitrogens is 2. The van der Waals surface area contributed by atoms with Crippen LogP contribution in [-0.4, -0.2) is 27.5 Å². The van der Waals surface area contributed by atoms with Crippen LogP contribution in [0.15, 0.2) is 83.4 Å². The van der Waals surface area contributed by atoms with E-state index >= 15 is 0 Å². The lowest BCUT2D eigenvalue weighted by Crippen LogP contribution is -2.31. The molecule has 4 aromatic rings. The summed E-state index contributed by atoms with van der Waals surface area (Å²) in [4.78, 5) is 19.0. The van der Waals surface area contributed by atoms with Gasteiger partial charge in [-0.3, -0.25) is 4.79 Å². The second-order valence-corrected chi connectivity index (χ2v) is 7.53. The lowest BCUT2D eigenvalue weighted by Gasteiger charge is -2.18. The van der Waals surface area contributed by atoms with Crippen LogP contribution in [0.25, 0.3) is 22.5 Å². The quantitative estimate of drug-likeness (QED) is 0.414. The molecule has 1 aromatic heterocycles. The summed E-state index contributed by atoms with van der Waals surface area (Å²) in [5.74, 6) is 1.00. The summed E-state index contributed by atoms with van der Waals surface area (Å²) in [6, 6.07) is 26.3. The average Bonchev–Trinajstić information content (AvgIpc) is 3.27. The topological polar surface area (TPSA) is 59.2 Å². The standard InChI is InChI=1S/C26H25N3O2/c1-3-29(18-24-27-26(28-31-24)23-13-9-19(2)10-14-23)25(30)17-20-11-15-22(16-12-20)21-7-5-4-6-8-21/h4-16H,3,17-18H2,1-2H3. The van der Waals surface area contributed by atoms with E-state index in [4.69, 9.17) is 4.52 Å². The van der Waals surface area contributed by atoms with Crippen molar-refractivity contribution in [3.05, 3.63) is 95.9 Å². The van der Waals surface area contributed by atoms with Crippen LogP contribution in [-0.2, 0) is 17.8 Å². The van der Waals surface area contributed by atoms with E-state index in [0.717, 1.165) is 22.3 Å². The summed E-state index contributed by atoms with van der Waals surface area (Å²) >= 11 is 0. The van der Waals surface area contributed by atoms with E-state index in [0.29, 0.717) is 31.2 Å². The molecule has 0 bridgehead atoms. The van der Waals surface area contributed by atoms with E-state index in [1.165, 1.54) is 5.56 Å². The van der Waals surface area contributed by atoms with E-state index in [9.17, 15) is 4.79 Å². The van der Waals surface area contributed by atoms with Crippen LogP contribution >= 0.6 is 0 Å². The number of carbonyl (C=O) groups excluding carboxylic acids is 1. The molecule has 0 fully saturated rings. The maximum absolute atomic E-state index is 12.9. The summed E-state index contributed by atoms with van der Waals surface area (Å²) in [5, 5.41) is 4.06. The van der Waals surface area contributed by atoms with Crippen molar-refractivity contribution >= 4 is 5.91 Å². The van der Waals surface area contributed by atoms with Gasteiger partial charge in [0.1, 0.15) is 0 Å². The SMILES string of the molecule is CCN(Cc1nc(-c2ccc(C)cc2)no1)C(=O)Cc1ccc(-c2ccccc2)cc1. The Bertz CT molecular complexity index is 1130. The molecule has 0 spiro atoms. The Morgan fingerprint density at radius 2 is 1.52 bits per heavy atom. The summed E-state index contributed by atoms with van der Waals surface area (Å²) < 4.78 is 5.39. The van der Waals surface area contributed by atoms with Gasteiger partial charge in [-0.15, -0.1) is 0 Å². The minimum Gasteiger partial charge on any atom is -0.337 e. The Hall–Kier alpha value is -3.73. The third-order valence-corrected chi connectivity index (χ3v) is 5.25. The Labute approximate surface area is 182 Å². The number of hydrogen-bond acceptors (Lipinski definition) is 4. The van der Waals surface area contributed by atoms with Crippen molar-refractivity contribution in [1.29, 1.82) is 0 Å². The molecular weight excluding hydrogens is 386 g/mol. The molecule has 5 heteroatoms. The summed E-state index contributed by atoms with van der Waals surface area (Å²) in [6.07, 6.45) is 0.335. The number of nitrogens with zero attached hydrogens (tertiary/aromatic N) is 3. The molecule has 0 radical (unpaired) electrons. The molecule has 0 saturated carbocycles. The monoisotopic (exact) mass is 411 g/mol. The van der Waals surface area contributed by atoms with Gasteiger partial charge in [0, 0.05) is 12.1 Å². The highest BCUT2D eigenvalue weighted by atomic mass is 16.5. The number of amides is 1. The highest BCUT2D eigenvalue weighted by Crippen LogP contribution is 2.20. The highest BCUT2D eigenvalue weighted by molar-refractivity contribution is 5.79. The molecule has 0 aliphatic carbocycles. The van der Waals surface area contributed by atoms with Crippen LogP contribution in [0.5, 0.6) is 0 Å². The van der Waals surface area contributed by atoms with Crippen molar-refractivity contribution in [3.8, 4) is 22.5 Å². The number of carbonyl (C=O) groups is 1. The van der Waals surface area contributed by atoms with Crippen LogP contribution in [0.4, 0.5) is 0 Å². The molecule has 0 unspecified atom stereocenters. The van der Waals surface area contributed by atoms with Gasteiger partial charge in [0.05, 0.1) is 13.0 Å². The van der Waals surface area contributed by atoms with Gasteiger partial charge in [-0.1, -0.05) is 89.6 Å². The maximum atomic E-state index is 12.9. The van der Waals surface area contributed by atoms with Gasteiger partial charge in [0.2, 0.25) is 17.6 Å². The third kappa shape index (κ3) is 5.07. The summed E-state index contributed by atoms with van der Waals surface area (Å²) in [6.45, 7) is 4.86. The average molecular weight is 412 g/mol. The third-order valence-electron chi connectivity index (χ3n) is 5.25. The normalized spacial score (nSPS) is 10.8. The molecule has 5 nitrogen and oxygen atoms in total. The molecule has 4 rings (SSSR count). The Kier molecular flexibility index (Phi) is 6.22. The van der Waals surface area contributed by atoms with Gasteiger partial charge in [-0.05, 0) is 30.5 Å². The molecule has 3 aromatic carbocycles. The van der Waals surface area contributed by atoms with Gasteiger partial charge in [-0.25, -0.2) is 0 Å². The van der Waals surface area contributed by atoms with Gasteiger partial charge in [-0.2, -0.15) is 4.98 Å². The highest BCUT2D eigenvalue weighted by Gasteiger charge is 2.17. The molecule has 0 N–H and O–H groups in total. The second-order valence-electron chi connectivity index (χ2n) is 7.53. The van der Waals surface area contributed by atoms with Crippen molar-refractivity contribution in [2.24, 2.45) is 0 Å². The van der Waals surface area contributed by atoms with E-state index in [1.54, 1.807) is 4.90 Å². The Morgan fingerprint density at radius 3 is 2.19 bits per heavy atom. The van der Waals surface area contributed by atoms with Crippen molar-refractivity contribution in [2.75, 3.05) is 6.54 Å². The fraction of sp³-hybridized carbons (Fsp3) is 0.192. The lowest BCUT2D eigenvalue weighted by molar-refractivity contribution is -0.131. The zero-order chi connectivity index (χ0) is 21.6. The largest absolute Gasteiger partial charge is 0.337 e. The summed E-state index contributed by atoms with van der Waals surface area (Å²) in [5.41, 5.74) is 5.35. The number of rotatable bonds is 7. The molecule has 1 heterocycles. The number of likely N-dealkylation sites (N-methyl/N-ethyl adjacent to an activating group) is 1. The Balaban J connectivity index is 1.40. The first-order chi connectivity index (χ1) is 15.1. The minimum absolute atomic E-state index is 0.0325. The van der Waals surface area contributed by atoms with Crippen LogP contribution in [0.3, 0.4) is 0 Å². The number of aryl methyl sites for hydroxylation is 1. The van der Waals surface area contributed by atoms with Gasteiger partial charge >= 0.3 is 0 Å². The van der Waals surface area contributed by atoms with Gasteiger partial charge in [0.25, 0.3) is 0 Å². The predicted molar refractivity (Wildman–Crippen MR) is 121 cm³/mol. The summed E-state index contributed by atoms with van der Waals surface area (Å²) in [7, 11) is 0. The molecule has 1 amide bonds. The van der Waals surface area contributed by atoms with Crippen LogP contribution in [0, 0.1) is 6.92 Å². The lowest BCUT2D eigenvalue weighted by atomic mass is 10.0. The molecule has 0 atom stereocenters. The van der Waals surface area contributed by atoms with E-state index in [2.05, 4.69) is 34.4 Å². The van der Waals surface area contributed by atoms with Gasteiger partial charge in [0.15, 0.2) is 0 Å². The maximum Gasteiger partial charge on any atom is 0.246 e. The number of hydrogen-bond donors (Lipinski definition) is 0. The van der Waals surface area contributed by atoms with Gasteiger partial charge < -0.3 is 9.42 Å². The zero-order valence-corrected chi connectivity index (χ0v) is 17.8. The Morgan fingerprint density at radius 1 is 0.871 bits per heavy atom. The number of benzene rings is 3. The zero-order valence-electron chi connectivity index (χ0n) is 17.8. The van der Waals surface area contributed by atoms with E-state index in [1.807, 2.05) is 68.4 Å². The molecule has 0 aliphatic rings. The molecule has 156 valence electrons. The first-order valence-corrected chi connectivity index (χ1v) is 10.4.